The molecule has 7 atom stereocenters. The zero-order chi connectivity index (χ0) is 43.5. The molecule has 22 nitrogen and oxygen atoms in total. The van der Waals surface area contributed by atoms with E-state index in [-0.39, 0.29) is 25.2 Å². The third-order valence-corrected chi connectivity index (χ3v) is 8.99. The molecular formula is C36H58N12O10. The van der Waals surface area contributed by atoms with Crippen molar-refractivity contribution in [1.29, 1.82) is 0 Å². The molecule has 58 heavy (non-hydrogen) atoms. The van der Waals surface area contributed by atoms with Crippen molar-refractivity contribution in [3.63, 3.8) is 0 Å². The van der Waals surface area contributed by atoms with Crippen LogP contribution in [-0.4, -0.2) is 133 Å². The van der Waals surface area contributed by atoms with Crippen molar-refractivity contribution in [2.24, 2.45) is 23.5 Å². The molecule has 322 valence electrons. The fraction of sp³-hybridized carbons (Fsp3) is 0.611. The Bertz CT molecular complexity index is 1670. The van der Waals surface area contributed by atoms with Crippen molar-refractivity contribution >= 4 is 47.3 Å². The summed E-state index contributed by atoms with van der Waals surface area (Å²) in [6.07, 6.45) is 6.29. The van der Waals surface area contributed by atoms with Gasteiger partial charge in [0.15, 0.2) is 0 Å². The Hall–Kier alpha value is -5.90. The highest BCUT2D eigenvalue weighted by Gasteiger charge is 2.34. The number of aliphatic hydroxyl groups excluding tert-OH is 1. The van der Waals surface area contributed by atoms with Crippen LogP contribution >= 0.6 is 0 Å². The number of nitrogens with zero attached hydrogens (tertiary/aromatic N) is 2. The number of hydrogen-bond acceptors (Lipinski definition) is 12. The van der Waals surface area contributed by atoms with Gasteiger partial charge in [-0.2, -0.15) is 0 Å². The van der Waals surface area contributed by atoms with Crippen LogP contribution < -0.4 is 43.0 Å². The van der Waals surface area contributed by atoms with E-state index < -0.39 is 115 Å². The first-order valence-corrected chi connectivity index (χ1v) is 19.0. The maximum absolute atomic E-state index is 13.5. The fourth-order valence-electron chi connectivity index (χ4n) is 5.54. The molecule has 0 spiro atoms. The average Bonchev–Trinajstić information content (AvgIpc) is 3.89. The highest BCUT2D eigenvalue weighted by Crippen LogP contribution is 2.11. The summed E-state index contributed by atoms with van der Waals surface area (Å²) in [7, 11) is 0. The molecule has 0 unspecified atom stereocenters. The van der Waals surface area contributed by atoms with Crippen molar-refractivity contribution in [3.8, 4) is 0 Å². The van der Waals surface area contributed by atoms with Crippen molar-refractivity contribution in [2.75, 3.05) is 19.7 Å². The number of aliphatic hydroxyl groups is 1. The number of carboxylic acids is 1. The van der Waals surface area contributed by atoms with E-state index in [1.165, 1.54) is 25.0 Å². The third-order valence-electron chi connectivity index (χ3n) is 8.99. The molecule has 13 N–H and O–H groups in total. The van der Waals surface area contributed by atoms with E-state index in [0.29, 0.717) is 17.8 Å². The molecule has 0 aromatic carbocycles. The number of H-pyrrole nitrogens is 2. The van der Waals surface area contributed by atoms with Crippen LogP contribution in [0.1, 0.15) is 65.8 Å². The first-order chi connectivity index (χ1) is 27.4. The summed E-state index contributed by atoms with van der Waals surface area (Å²) in [6, 6.07) is -7.29. The SMILES string of the molecule is CC[C@H](C)[C@H](NC(=O)[C@@H](NC(=O)[C@@H](N)Cc1cnc[nH]1)C(C)C)C(=O)NCC(=O)N[C@@H](Cc1cnc[nH]1)C(=O)N[C@@H](CO)C(=O)N[C@@H](CC(C)C)C(=O)NCC(=O)O. The van der Waals surface area contributed by atoms with Gasteiger partial charge in [-0.15, -0.1) is 0 Å². The third kappa shape index (κ3) is 16.3. The van der Waals surface area contributed by atoms with Crippen molar-refractivity contribution in [3.05, 3.63) is 36.4 Å². The maximum Gasteiger partial charge on any atom is 0.322 e. The van der Waals surface area contributed by atoms with Gasteiger partial charge in [0.2, 0.25) is 41.4 Å². The Kier molecular flexibility index (Phi) is 20.0. The minimum absolute atomic E-state index is 0.109. The first kappa shape index (κ1) is 48.2. The largest absolute Gasteiger partial charge is 0.480 e. The number of aliphatic carboxylic acids is 1. The van der Waals surface area contributed by atoms with E-state index in [9.17, 15) is 43.5 Å². The fourth-order valence-corrected chi connectivity index (χ4v) is 5.54. The van der Waals surface area contributed by atoms with Crippen molar-refractivity contribution < 1.29 is 48.6 Å². The summed E-state index contributed by atoms with van der Waals surface area (Å²) in [6.45, 7) is 8.28. The molecule has 2 heterocycles. The smallest absolute Gasteiger partial charge is 0.322 e. The van der Waals surface area contributed by atoms with E-state index in [2.05, 4.69) is 57.2 Å². The quantitative estimate of drug-likeness (QED) is 0.0469. The molecule has 0 aliphatic heterocycles. The number of carbonyl (C=O) groups is 8. The minimum atomic E-state index is -1.58. The second-order valence-corrected chi connectivity index (χ2v) is 14.7. The topological polar surface area (TPSA) is 345 Å². The molecule has 0 bridgehead atoms. The van der Waals surface area contributed by atoms with Crippen LogP contribution in [0.3, 0.4) is 0 Å². The van der Waals surface area contributed by atoms with E-state index in [0.717, 1.165) is 0 Å². The maximum atomic E-state index is 13.5. The van der Waals surface area contributed by atoms with E-state index in [4.69, 9.17) is 10.8 Å². The number of aromatic nitrogens is 4. The molecule has 2 aromatic heterocycles. The number of amides is 7. The molecule has 0 radical (unpaired) electrons. The monoisotopic (exact) mass is 818 g/mol. The van der Waals surface area contributed by atoms with Gasteiger partial charge < -0.3 is 63.1 Å². The van der Waals surface area contributed by atoms with Gasteiger partial charge in [0, 0.05) is 36.6 Å². The number of nitrogens with two attached hydrogens (primary N) is 1. The average molecular weight is 819 g/mol. The lowest BCUT2D eigenvalue weighted by atomic mass is 9.96. The molecule has 22 heteroatoms. The summed E-state index contributed by atoms with van der Waals surface area (Å²) < 4.78 is 0. The molecule has 0 aliphatic rings. The summed E-state index contributed by atoms with van der Waals surface area (Å²) in [5.41, 5.74) is 7.10. The molecule has 0 aliphatic carbocycles. The summed E-state index contributed by atoms with van der Waals surface area (Å²) in [5, 5.41) is 36.2. The Morgan fingerprint density at radius 3 is 1.74 bits per heavy atom. The normalized spacial score (nSPS) is 14.8. The molecule has 7 amide bonds. The number of carbonyl (C=O) groups excluding carboxylic acids is 7. The zero-order valence-corrected chi connectivity index (χ0v) is 33.6. The Balaban J connectivity index is 2.12. The predicted octanol–water partition coefficient (Wildman–Crippen LogP) is -3.27. The molecule has 2 rings (SSSR count). The van der Waals surface area contributed by atoms with Gasteiger partial charge in [-0.1, -0.05) is 48.0 Å². The van der Waals surface area contributed by atoms with Gasteiger partial charge >= 0.3 is 5.97 Å². The highest BCUT2D eigenvalue weighted by molar-refractivity contribution is 5.96. The van der Waals surface area contributed by atoms with E-state index in [1.807, 2.05) is 0 Å². The summed E-state index contributed by atoms with van der Waals surface area (Å²) in [4.78, 5) is 117. The van der Waals surface area contributed by atoms with Crippen molar-refractivity contribution in [1.82, 2.24) is 57.2 Å². The van der Waals surface area contributed by atoms with Gasteiger partial charge in [0.1, 0.15) is 36.8 Å². The number of hydrogen-bond donors (Lipinski definition) is 12. The highest BCUT2D eigenvalue weighted by atomic mass is 16.4. The van der Waals surface area contributed by atoms with Crippen LogP contribution in [0, 0.1) is 17.8 Å². The van der Waals surface area contributed by atoms with Crippen molar-refractivity contribution in [2.45, 2.75) is 103 Å². The number of aromatic amines is 2. The van der Waals surface area contributed by atoms with Crippen LogP contribution in [0.15, 0.2) is 25.0 Å². The lowest BCUT2D eigenvalue weighted by molar-refractivity contribution is -0.138. The second-order valence-electron chi connectivity index (χ2n) is 14.7. The molecule has 0 fully saturated rings. The van der Waals surface area contributed by atoms with Gasteiger partial charge in [-0.05, 0) is 24.2 Å². The Labute approximate surface area is 335 Å². The Morgan fingerprint density at radius 2 is 1.22 bits per heavy atom. The minimum Gasteiger partial charge on any atom is -0.480 e. The lowest BCUT2D eigenvalue weighted by Crippen LogP contribution is -2.60. The van der Waals surface area contributed by atoms with Gasteiger partial charge in [0.25, 0.3) is 0 Å². The second kappa shape index (κ2) is 24.0. The Morgan fingerprint density at radius 1 is 0.672 bits per heavy atom. The standard InChI is InChI=1S/C36H58N12O10/c1-7-20(6)30(48-36(58)29(19(4)5)47-31(53)23(37)9-21-11-38-16-42-21)35(57)40-13-27(50)44-25(10-22-12-39-17-43-22)33(55)46-26(15-49)34(56)45-24(8-18(2)3)32(54)41-14-28(51)52/h11-12,16-20,23-26,29-30,49H,7-10,13-15,37H2,1-6H3,(H,38,42)(H,39,43)(H,40,57)(H,41,54)(H,44,50)(H,45,56)(H,46,55)(H,47,53)(H,48,58)(H,51,52)/t20-,23-,24-,25-,26-,29-,30-/m0/s1. The molecule has 0 saturated carbocycles. The van der Waals surface area contributed by atoms with Crippen LogP contribution in [0.4, 0.5) is 0 Å². The van der Waals surface area contributed by atoms with E-state index >= 15 is 0 Å². The summed E-state index contributed by atoms with van der Waals surface area (Å²) >= 11 is 0. The van der Waals surface area contributed by atoms with Crippen LogP contribution in [0.5, 0.6) is 0 Å². The van der Waals surface area contributed by atoms with Gasteiger partial charge in [0.05, 0.1) is 31.8 Å². The molecule has 0 saturated heterocycles. The van der Waals surface area contributed by atoms with Crippen LogP contribution in [-0.2, 0) is 51.2 Å². The first-order valence-electron chi connectivity index (χ1n) is 19.0. The van der Waals surface area contributed by atoms with Gasteiger partial charge in [-0.25, -0.2) is 9.97 Å². The number of rotatable bonds is 25. The predicted molar refractivity (Wildman–Crippen MR) is 207 cm³/mol. The number of carboxylic acid groups (broad SMARTS) is 1. The summed E-state index contributed by atoms with van der Waals surface area (Å²) in [5.74, 6) is -7.60. The zero-order valence-electron chi connectivity index (χ0n) is 33.6. The van der Waals surface area contributed by atoms with Gasteiger partial charge in [-0.3, -0.25) is 38.4 Å². The van der Waals surface area contributed by atoms with Crippen LogP contribution in [0.25, 0.3) is 0 Å². The molecular weight excluding hydrogens is 760 g/mol. The lowest BCUT2D eigenvalue weighted by Gasteiger charge is -2.28. The molecule has 2 aromatic rings. The number of imidazole rings is 2. The van der Waals surface area contributed by atoms with Crippen LogP contribution in [0.2, 0.25) is 0 Å². The van der Waals surface area contributed by atoms with E-state index in [1.54, 1.807) is 41.5 Å². The number of nitrogens with one attached hydrogen (secondary N) is 9.